The third kappa shape index (κ3) is 4.95. The van der Waals surface area contributed by atoms with Crippen LogP contribution in [0.2, 0.25) is 0 Å². The molecule has 2 fully saturated rings. The zero-order chi connectivity index (χ0) is 18.8. The van der Waals surface area contributed by atoms with E-state index in [-0.39, 0.29) is 6.61 Å². The van der Waals surface area contributed by atoms with Crippen LogP contribution >= 0.6 is 7.82 Å². The van der Waals surface area contributed by atoms with E-state index in [4.69, 9.17) is 28.0 Å². The third-order valence-electron chi connectivity index (χ3n) is 4.30. The predicted octanol–water partition coefficient (Wildman–Crippen LogP) is 1.40. The standard InChI is InChI=1S/C14H25F2O8P/c1-7-11(15)13(20-4)10(23-7)6-21-25(17,18)24-14-9(5-19-3)22-8(2)12(14)16/h7-14H,5-6H2,1-4H3,(H,17,18)/t7-,8-,9+,10+,11+,12+,13?,14?/m0/s1. The van der Waals surface area contributed by atoms with Crippen molar-refractivity contribution in [3.63, 3.8) is 0 Å². The quantitative estimate of drug-likeness (QED) is 0.622. The normalized spacial score (nSPS) is 44.1. The van der Waals surface area contributed by atoms with Crippen LogP contribution in [0, 0.1) is 0 Å². The number of phosphoric acid groups is 1. The molecule has 2 aliphatic rings. The van der Waals surface area contributed by atoms with Gasteiger partial charge in [0.2, 0.25) is 0 Å². The minimum Gasteiger partial charge on any atom is -0.382 e. The zero-order valence-electron chi connectivity index (χ0n) is 14.5. The molecule has 2 rings (SSSR count). The number of alkyl halides is 2. The Morgan fingerprint density at radius 1 is 1.00 bits per heavy atom. The molecule has 0 spiro atoms. The molecule has 0 amide bonds. The van der Waals surface area contributed by atoms with Gasteiger partial charge in [-0.25, -0.2) is 13.3 Å². The third-order valence-corrected chi connectivity index (χ3v) is 5.28. The number of rotatable bonds is 8. The van der Waals surface area contributed by atoms with Crippen molar-refractivity contribution in [2.45, 2.75) is 62.8 Å². The number of phosphoric ester groups is 1. The SMILES string of the molecule is COC[C@H]1O[C@@H](C)[C@@H](F)C1OP(=O)(O)OC[C@H]1O[C@@H](C)[C@@H](F)C1OC. The Bertz CT molecular complexity index is 484. The molecule has 2 heterocycles. The van der Waals surface area contributed by atoms with Crippen molar-refractivity contribution in [1.29, 1.82) is 0 Å². The fourth-order valence-electron chi connectivity index (χ4n) is 2.99. The molecule has 0 saturated carbocycles. The lowest BCUT2D eigenvalue weighted by atomic mass is 10.1. The molecule has 25 heavy (non-hydrogen) atoms. The van der Waals surface area contributed by atoms with Crippen molar-refractivity contribution in [3.8, 4) is 0 Å². The molecule has 2 aliphatic heterocycles. The van der Waals surface area contributed by atoms with Crippen LogP contribution in [0.3, 0.4) is 0 Å². The van der Waals surface area contributed by atoms with Crippen LogP contribution < -0.4 is 0 Å². The van der Waals surface area contributed by atoms with Crippen molar-refractivity contribution in [3.05, 3.63) is 0 Å². The minimum atomic E-state index is -4.63. The molecule has 1 N–H and O–H groups in total. The number of ether oxygens (including phenoxy) is 4. The van der Waals surface area contributed by atoms with Gasteiger partial charge in [0.25, 0.3) is 0 Å². The average Bonchev–Trinajstić information content (AvgIpc) is 2.97. The van der Waals surface area contributed by atoms with Crippen molar-refractivity contribution < 1.29 is 46.2 Å². The number of halogens is 2. The molecule has 0 aromatic heterocycles. The van der Waals surface area contributed by atoms with E-state index in [0.29, 0.717) is 0 Å². The lowest BCUT2D eigenvalue weighted by Gasteiger charge is -2.23. The van der Waals surface area contributed by atoms with Crippen LogP contribution in [0.25, 0.3) is 0 Å². The van der Waals surface area contributed by atoms with E-state index in [1.165, 1.54) is 28.1 Å². The molecule has 3 unspecified atom stereocenters. The lowest BCUT2D eigenvalue weighted by Crippen LogP contribution is -2.35. The molecule has 9 atom stereocenters. The number of hydrogen-bond acceptors (Lipinski definition) is 7. The summed E-state index contributed by atoms with van der Waals surface area (Å²) in [6.45, 7) is 2.56. The molecule has 0 aliphatic carbocycles. The molecule has 0 bridgehead atoms. The highest BCUT2D eigenvalue weighted by Crippen LogP contribution is 2.48. The Labute approximate surface area is 145 Å². The molecule has 0 aromatic carbocycles. The lowest BCUT2D eigenvalue weighted by molar-refractivity contribution is -0.0464. The molecular formula is C14H25F2O8P. The second kappa shape index (κ2) is 8.67. The van der Waals surface area contributed by atoms with E-state index in [2.05, 4.69) is 0 Å². The van der Waals surface area contributed by atoms with Gasteiger partial charge in [0.1, 0.15) is 24.4 Å². The first-order valence-electron chi connectivity index (χ1n) is 7.96. The molecule has 8 nitrogen and oxygen atoms in total. The first-order chi connectivity index (χ1) is 11.7. The van der Waals surface area contributed by atoms with Crippen LogP contribution in [-0.4, -0.2) is 81.3 Å². The second-order valence-electron chi connectivity index (χ2n) is 6.14. The average molecular weight is 390 g/mol. The van der Waals surface area contributed by atoms with Crippen LogP contribution in [0.5, 0.6) is 0 Å². The van der Waals surface area contributed by atoms with Gasteiger partial charge in [-0.1, -0.05) is 0 Å². The smallest absolute Gasteiger partial charge is 0.382 e. The van der Waals surface area contributed by atoms with Gasteiger partial charge < -0.3 is 23.8 Å². The Hall–Kier alpha value is -0.190. The Morgan fingerprint density at radius 2 is 1.52 bits per heavy atom. The maximum absolute atomic E-state index is 14.2. The minimum absolute atomic E-state index is 0.00599. The summed E-state index contributed by atoms with van der Waals surface area (Å²) in [7, 11) is -1.93. The maximum Gasteiger partial charge on any atom is 0.472 e. The Morgan fingerprint density at radius 3 is 2.04 bits per heavy atom. The Balaban J connectivity index is 1.94. The summed E-state index contributed by atoms with van der Waals surface area (Å²) in [6.07, 6.45) is -8.52. The van der Waals surface area contributed by atoms with Gasteiger partial charge in [0.15, 0.2) is 12.3 Å². The monoisotopic (exact) mass is 390 g/mol. The summed E-state index contributed by atoms with van der Waals surface area (Å²) >= 11 is 0. The van der Waals surface area contributed by atoms with Crippen molar-refractivity contribution >= 4 is 7.82 Å². The van der Waals surface area contributed by atoms with Crippen LogP contribution in [0.1, 0.15) is 13.8 Å². The first-order valence-corrected chi connectivity index (χ1v) is 9.46. The highest BCUT2D eigenvalue weighted by atomic mass is 31.2. The van der Waals surface area contributed by atoms with Gasteiger partial charge in [0.05, 0.1) is 25.4 Å². The van der Waals surface area contributed by atoms with E-state index in [1.807, 2.05) is 0 Å². The molecule has 0 aromatic rings. The second-order valence-corrected chi connectivity index (χ2v) is 7.54. The predicted molar refractivity (Wildman–Crippen MR) is 81.8 cm³/mol. The van der Waals surface area contributed by atoms with E-state index >= 15 is 0 Å². The van der Waals surface area contributed by atoms with Crippen LogP contribution in [0.4, 0.5) is 8.78 Å². The highest BCUT2D eigenvalue weighted by molar-refractivity contribution is 7.47. The van der Waals surface area contributed by atoms with E-state index in [1.54, 1.807) is 0 Å². The molecule has 11 heteroatoms. The summed E-state index contributed by atoms with van der Waals surface area (Å²) in [5, 5.41) is 0. The summed E-state index contributed by atoms with van der Waals surface area (Å²) < 4.78 is 70.5. The van der Waals surface area contributed by atoms with Gasteiger partial charge in [-0.3, -0.25) is 9.05 Å². The van der Waals surface area contributed by atoms with E-state index in [0.717, 1.165) is 0 Å². The van der Waals surface area contributed by atoms with E-state index in [9.17, 15) is 18.2 Å². The Kier molecular flexibility index (Phi) is 7.32. The largest absolute Gasteiger partial charge is 0.472 e. The van der Waals surface area contributed by atoms with Gasteiger partial charge in [-0.15, -0.1) is 0 Å². The van der Waals surface area contributed by atoms with Crippen LogP contribution in [0.15, 0.2) is 0 Å². The van der Waals surface area contributed by atoms with Crippen molar-refractivity contribution in [1.82, 2.24) is 0 Å². The van der Waals surface area contributed by atoms with Gasteiger partial charge >= 0.3 is 7.82 Å². The summed E-state index contributed by atoms with van der Waals surface area (Å²) in [5.41, 5.74) is 0. The summed E-state index contributed by atoms with van der Waals surface area (Å²) in [6, 6.07) is 0. The van der Waals surface area contributed by atoms with Crippen molar-refractivity contribution in [2.75, 3.05) is 27.4 Å². The molecular weight excluding hydrogens is 365 g/mol. The van der Waals surface area contributed by atoms with Gasteiger partial charge in [0, 0.05) is 14.2 Å². The van der Waals surface area contributed by atoms with Crippen molar-refractivity contribution in [2.24, 2.45) is 0 Å². The fourth-order valence-corrected chi connectivity index (χ4v) is 3.95. The molecule has 148 valence electrons. The highest BCUT2D eigenvalue weighted by Gasteiger charge is 2.48. The van der Waals surface area contributed by atoms with Gasteiger partial charge in [-0.2, -0.15) is 0 Å². The fraction of sp³-hybridized carbons (Fsp3) is 1.00. The van der Waals surface area contributed by atoms with Gasteiger partial charge in [-0.05, 0) is 13.8 Å². The first kappa shape index (κ1) is 21.1. The summed E-state index contributed by atoms with van der Waals surface area (Å²) in [5.74, 6) is 0. The maximum atomic E-state index is 14.2. The van der Waals surface area contributed by atoms with E-state index < -0.39 is 63.4 Å². The topological polar surface area (TPSA) is 92.7 Å². The summed E-state index contributed by atoms with van der Waals surface area (Å²) in [4.78, 5) is 9.87. The number of methoxy groups -OCH3 is 2. The number of hydrogen-bond donors (Lipinski definition) is 1. The molecule has 0 radical (unpaired) electrons. The van der Waals surface area contributed by atoms with Crippen LogP contribution in [-0.2, 0) is 32.6 Å². The zero-order valence-corrected chi connectivity index (χ0v) is 15.4. The molecule has 2 saturated heterocycles.